The number of carbonyl (C=O) groups is 1. The summed E-state index contributed by atoms with van der Waals surface area (Å²) in [5, 5.41) is 13.3. The van der Waals surface area contributed by atoms with Crippen molar-refractivity contribution in [3.05, 3.63) is 35.0 Å². The Bertz CT molecular complexity index is 607. The number of ether oxygens (including phenoxy) is 1. The summed E-state index contributed by atoms with van der Waals surface area (Å²) in [5.74, 6) is -0.509. The molecule has 0 unspecified atom stereocenters. The monoisotopic (exact) mass is 266 g/mol. The van der Waals surface area contributed by atoms with E-state index in [0.717, 1.165) is 0 Å². The van der Waals surface area contributed by atoms with E-state index in [1.165, 1.54) is 17.9 Å². The Morgan fingerprint density at radius 3 is 2.78 bits per heavy atom. The minimum absolute atomic E-state index is 0.0329. The molecule has 0 aliphatic carbocycles. The Hall–Kier alpha value is -2.01. The first-order chi connectivity index (χ1) is 8.54. The molecule has 2 aromatic rings. The Labute approximate surface area is 109 Å². The molecule has 0 saturated carbocycles. The van der Waals surface area contributed by atoms with Gasteiger partial charge in [-0.1, -0.05) is 17.7 Å². The Kier molecular flexibility index (Phi) is 3.25. The van der Waals surface area contributed by atoms with Crippen LogP contribution in [0.25, 0.3) is 11.3 Å². The summed E-state index contributed by atoms with van der Waals surface area (Å²) in [6.45, 7) is 0. The number of nitrogens with zero attached hydrogens (tertiary/aromatic N) is 2. The highest BCUT2D eigenvalue weighted by atomic mass is 35.5. The number of halogens is 1. The molecule has 0 fully saturated rings. The molecule has 0 spiro atoms. The molecule has 0 aliphatic heterocycles. The largest absolute Gasteiger partial charge is 0.496 e. The maximum absolute atomic E-state index is 10.9. The van der Waals surface area contributed by atoms with E-state index in [9.17, 15) is 4.79 Å². The van der Waals surface area contributed by atoms with Crippen LogP contribution in [0.4, 0.5) is 0 Å². The molecule has 5 nitrogen and oxygen atoms in total. The number of carboxylic acid groups (broad SMARTS) is 1. The number of rotatable bonds is 3. The molecule has 0 saturated heterocycles. The summed E-state index contributed by atoms with van der Waals surface area (Å²) in [6, 6.07) is 6.70. The second-order valence-electron chi connectivity index (χ2n) is 3.66. The van der Waals surface area contributed by atoms with Gasteiger partial charge in [0, 0.05) is 7.05 Å². The molecular weight excluding hydrogens is 256 g/mol. The molecule has 0 amide bonds. The minimum Gasteiger partial charge on any atom is -0.496 e. The van der Waals surface area contributed by atoms with E-state index in [2.05, 4.69) is 5.10 Å². The van der Waals surface area contributed by atoms with Gasteiger partial charge in [0.1, 0.15) is 5.75 Å². The minimum atomic E-state index is -1.08. The first-order valence-corrected chi connectivity index (χ1v) is 5.52. The zero-order valence-electron chi connectivity index (χ0n) is 9.85. The average molecular weight is 267 g/mol. The first-order valence-electron chi connectivity index (χ1n) is 5.14. The molecule has 1 aromatic heterocycles. The van der Waals surface area contributed by atoms with Gasteiger partial charge in [-0.15, -0.1) is 0 Å². The van der Waals surface area contributed by atoms with Crippen LogP contribution >= 0.6 is 11.6 Å². The van der Waals surface area contributed by atoms with Crippen LogP contribution in [0.2, 0.25) is 5.02 Å². The van der Waals surface area contributed by atoms with Crippen molar-refractivity contribution in [2.24, 2.45) is 7.05 Å². The lowest BCUT2D eigenvalue weighted by Crippen LogP contribution is -1.99. The second-order valence-corrected chi connectivity index (χ2v) is 4.07. The van der Waals surface area contributed by atoms with Crippen molar-refractivity contribution >= 4 is 17.6 Å². The van der Waals surface area contributed by atoms with Crippen molar-refractivity contribution in [2.45, 2.75) is 0 Å². The molecule has 0 atom stereocenters. The van der Waals surface area contributed by atoms with E-state index in [1.54, 1.807) is 25.2 Å². The number of benzene rings is 1. The van der Waals surface area contributed by atoms with Crippen LogP contribution in [-0.4, -0.2) is 28.0 Å². The van der Waals surface area contributed by atoms with Crippen LogP contribution in [0.15, 0.2) is 24.3 Å². The van der Waals surface area contributed by atoms with Gasteiger partial charge in [-0.3, -0.25) is 4.68 Å². The molecule has 0 aliphatic rings. The van der Waals surface area contributed by atoms with Gasteiger partial charge in [-0.2, -0.15) is 5.10 Å². The predicted octanol–water partition coefficient (Wildman–Crippen LogP) is 2.45. The molecule has 1 heterocycles. The van der Waals surface area contributed by atoms with Gasteiger partial charge in [0.2, 0.25) is 0 Å². The molecule has 18 heavy (non-hydrogen) atoms. The molecular formula is C12H11ClN2O3. The lowest BCUT2D eigenvalue weighted by molar-refractivity contribution is 0.0689. The zero-order valence-corrected chi connectivity index (χ0v) is 10.6. The van der Waals surface area contributed by atoms with Crippen LogP contribution in [0.1, 0.15) is 10.5 Å². The van der Waals surface area contributed by atoms with Gasteiger partial charge < -0.3 is 9.84 Å². The normalized spacial score (nSPS) is 10.4. The Balaban J connectivity index is 2.65. The number of hydrogen-bond donors (Lipinski definition) is 1. The van der Waals surface area contributed by atoms with E-state index >= 15 is 0 Å². The predicted molar refractivity (Wildman–Crippen MR) is 67.2 cm³/mol. The molecule has 1 aromatic carbocycles. The van der Waals surface area contributed by atoms with Crippen LogP contribution in [-0.2, 0) is 7.05 Å². The van der Waals surface area contributed by atoms with Crippen LogP contribution in [0.3, 0.4) is 0 Å². The van der Waals surface area contributed by atoms with Crippen molar-refractivity contribution in [2.75, 3.05) is 7.11 Å². The number of methoxy groups -OCH3 is 1. The van der Waals surface area contributed by atoms with E-state index in [1.807, 2.05) is 0 Å². The summed E-state index contributed by atoms with van der Waals surface area (Å²) in [6.07, 6.45) is 0. The second kappa shape index (κ2) is 4.70. The third-order valence-electron chi connectivity index (χ3n) is 2.55. The van der Waals surface area contributed by atoms with Gasteiger partial charge in [-0.05, 0) is 18.2 Å². The molecule has 0 radical (unpaired) electrons. The average Bonchev–Trinajstić information content (AvgIpc) is 2.71. The van der Waals surface area contributed by atoms with Crippen molar-refractivity contribution < 1.29 is 14.6 Å². The third-order valence-corrected chi connectivity index (χ3v) is 2.87. The Morgan fingerprint density at radius 1 is 1.50 bits per heavy atom. The first kappa shape index (κ1) is 12.4. The highest BCUT2D eigenvalue weighted by Gasteiger charge is 2.17. The molecule has 0 bridgehead atoms. The number of aryl methyl sites for hydroxylation is 1. The fraction of sp³-hybridized carbons (Fsp3) is 0.167. The zero-order chi connectivity index (χ0) is 13.3. The van der Waals surface area contributed by atoms with Gasteiger partial charge in [0.15, 0.2) is 5.69 Å². The quantitative estimate of drug-likeness (QED) is 0.927. The molecule has 2 rings (SSSR count). The molecule has 6 heteroatoms. The van der Waals surface area contributed by atoms with E-state index in [0.29, 0.717) is 22.0 Å². The lowest BCUT2D eigenvalue weighted by Gasteiger charge is -2.10. The summed E-state index contributed by atoms with van der Waals surface area (Å²) >= 11 is 6.13. The summed E-state index contributed by atoms with van der Waals surface area (Å²) in [7, 11) is 3.19. The molecule has 94 valence electrons. The van der Waals surface area contributed by atoms with Crippen molar-refractivity contribution in [1.29, 1.82) is 0 Å². The van der Waals surface area contributed by atoms with Gasteiger partial charge >= 0.3 is 5.97 Å². The Morgan fingerprint density at radius 2 is 2.22 bits per heavy atom. The SMILES string of the molecule is COc1cccc(Cl)c1-c1cc(C(=O)O)nn1C. The highest BCUT2D eigenvalue weighted by Crippen LogP contribution is 2.36. The van der Waals surface area contributed by atoms with Crippen molar-refractivity contribution in [3.63, 3.8) is 0 Å². The summed E-state index contributed by atoms with van der Waals surface area (Å²) in [5.41, 5.74) is 1.19. The fourth-order valence-electron chi connectivity index (χ4n) is 1.73. The van der Waals surface area contributed by atoms with Crippen LogP contribution in [0.5, 0.6) is 5.75 Å². The standard InChI is InChI=1S/C12H11ClN2O3/c1-15-9(6-8(14-15)12(16)17)11-7(13)4-3-5-10(11)18-2/h3-6H,1-2H3,(H,16,17). The van der Waals surface area contributed by atoms with E-state index in [-0.39, 0.29) is 5.69 Å². The van der Waals surface area contributed by atoms with Gasteiger partial charge in [-0.25, -0.2) is 4.79 Å². The number of hydrogen-bond acceptors (Lipinski definition) is 3. The van der Waals surface area contributed by atoms with Crippen molar-refractivity contribution in [3.8, 4) is 17.0 Å². The number of aromatic nitrogens is 2. The number of aromatic carboxylic acids is 1. The summed E-state index contributed by atoms with van der Waals surface area (Å²) in [4.78, 5) is 10.9. The van der Waals surface area contributed by atoms with Crippen molar-refractivity contribution in [1.82, 2.24) is 9.78 Å². The number of carboxylic acids is 1. The third kappa shape index (κ3) is 2.04. The van der Waals surface area contributed by atoms with E-state index < -0.39 is 5.97 Å². The van der Waals surface area contributed by atoms with E-state index in [4.69, 9.17) is 21.4 Å². The topological polar surface area (TPSA) is 64.3 Å². The van der Waals surface area contributed by atoms with Gasteiger partial charge in [0.05, 0.1) is 23.4 Å². The van der Waals surface area contributed by atoms with Crippen LogP contribution in [0, 0.1) is 0 Å². The summed E-state index contributed by atoms with van der Waals surface area (Å²) < 4.78 is 6.70. The maximum Gasteiger partial charge on any atom is 0.356 e. The van der Waals surface area contributed by atoms with Crippen LogP contribution < -0.4 is 4.74 Å². The maximum atomic E-state index is 10.9. The smallest absolute Gasteiger partial charge is 0.356 e. The lowest BCUT2D eigenvalue weighted by atomic mass is 10.1. The fourth-order valence-corrected chi connectivity index (χ4v) is 1.99. The molecule has 1 N–H and O–H groups in total. The highest BCUT2D eigenvalue weighted by molar-refractivity contribution is 6.33. The van der Waals surface area contributed by atoms with Gasteiger partial charge in [0.25, 0.3) is 0 Å².